The van der Waals surface area contributed by atoms with E-state index in [4.69, 9.17) is 4.55 Å². The average molecular weight is 236 g/mol. The quantitative estimate of drug-likeness (QED) is 0.765. The number of hydrogen-bond donors (Lipinski definition) is 1. The van der Waals surface area contributed by atoms with Crippen LogP contribution in [0, 0.1) is 17.8 Å². The second kappa shape index (κ2) is 3.42. The van der Waals surface area contributed by atoms with Crippen LogP contribution in [0.4, 0.5) is 4.39 Å². The first-order valence-electron chi connectivity index (χ1n) is 5.54. The molecule has 0 heterocycles. The summed E-state index contributed by atoms with van der Waals surface area (Å²) in [5.74, 6) is 0.140. The lowest BCUT2D eigenvalue weighted by molar-refractivity contribution is 0.108. The first kappa shape index (κ1) is 11.3. The lowest BCUT2D eigenvalue weighted by Crippen LogP contribution is -2.43. The highest BCUT2D eigenvalue weighted by Crippen LogP contribution is 2.55. The van der Waals surface area contributed by atoms with Crippen LogP contribution < -0.4 is 0 Å². The zero-order valence-corrected chi connectivity index (χ0v) is 9.63. The Morgan fingerprint density at radius 1 is 1.40 bits per heavy atom. The fraction of sp³-hybridized carbons (Fsp3) is 1.00. The fourth-order valence-corrected chi connectivity index (χ4v) is 4.44. The second-order valence-corrected chi connectivity index (χ2v) is 6.52. The van der Waals surface area contributed by atoms with Crippen molar-refractivity contribution in [1.29, 1.82) is 0 Å². The Balaban J connectivity index is 2.28. The minimum atomic E-state index is -4.59. The Morgan fingerprint density at radius 2 is 2.07 bits per heavy atom. The number of rotatable bonds is 3. The molecule has 1 N–H and O–H groups in total. The summed E-state index contributed by atoms with van der Waals surface area (Å²) in [6.07, 6.45) is 3.41. The summed E-state index contributed by atoms with van der Waals surface area (Å²) in [5, 5.41) is -2.41. The third kappa shape index (κ3) is 1.60. The van der Waals surface area contributed by atoms with Crippen molar-refractivity contribution in [1.82, 2.24) is 0 Å². The number of hydrogen-bond acceptors (Lipinski definition) is 2. The molecule has 15 heavy (non-hydrogen) atoms. The Hall–Kier alpha value is -0.160. The highest BCUT2D eigenvalue weighted by Gasteiger charge is 2.56. The van der Waals surface area contributed by atoms with Gasteiger partial charge < -0.3 is 0 Å². The van der Waals surface area contributed by atoms with Crippen LogP contribution in [0.15, 0.2) is 0 Å². The van der Waals surface area contributed by atoms with Crippen molar-refractivity contribution in [3.63, 3.8) is 0 Å². The summed E-state index contributed by atoms with van der Waals surface area (Å²) >= 11 is 0. The fourth-order valence-electron chi connectivity index (χ4n) is 3.41. The van der Waals surface area contributed by atoms with Crippen molar-refractivity contribution in [2.24, 2.45) is 17.8 Å². The van der Waals surface area contributed by atoms with E-state index in [0.717, 1.165) is 19.3 Å². The number of alkyl halides is 1. The van der Waals surface area contributed by atoms with Crippen molar-refractivity contribution >= 4 is 10.1 Å². The zero-order valence-electron chi connectivity index (χ0n) is 8.82. The van der Waals surface area contributed by atoms with Gasteiger partial charge in [-0.3, -0.25) is 4.55 Å². The molecule has 5 heteroatoms. The molecule has 0 spiro atoms. The highest BCUT2D eigenvalue weighted by molar-refractivity contribution is 7.87. The molecule has 4 unspecified atom stereocenters. The monoisotopic (exact) mass is 236 g/mol. The van der Waals surface area contributed by atoms with E-state index in [0.29, 0.717) is 12.3 Å². The molecule has 2 saturated carbocycles. The maximum atomic E-state index is 14.4. The van der Waals surface area contributed by atoms with Crippen molar-refractivity contribution in [3.05, 3.63) is 0 Å². The molecule has 0 aromatic heterocycles. The van der Waals surface area contributed by atoms with Crippen molar-refractivity contribution < 1.29 is 17.4 Å². The molecule has 0 saturated heterocycles. The van der Waals surface area contributed by atoms with Gasteiger partial charge in [0.2, 0.25) is 5.00 Å². The molecule has 2 fully saturated rings. The SMILES string of the molecule is CCC(F)(C1CC2CCC1C2)S(=O)(=O)O. The van der Waals surface area contributed by atoms with Crippen LogP contribution in [0.2, 0.25) is 0 Å². The van der Waals surface area contributed by atoms with Crippen molar-refractivity contribution in [2.45, 2.75) is 44.0 Å². The molecule has 2 rings (SSSR count). The molecule has 0 aromatic carbocycles. The lowest BCUT2D eigenvalue weighted by atomic mass is 9.84. The molecule has 4 atom stereocenters. The van der Waals surface area contributed by atoms with E-state index in [9.17, 15) is 12.8 Å². The lowest BCUT2D eigenvalue weighted by Gasteiger charge is -2.33. The van der Waals surface area contributed by atoms with Gasteiger partial charge in [-0.2, -0.15) is 8.42 Å². The van der Waals surface area contributed by atoms with Gasteiger partial charge >= 0.3 is 10.1 Å². The predicted octanol–water partition coefficient (Wildman–Crippen LogP) is 2.39. The van der Waals surface area contributed by atoms with Gasteiger partial charge in [-0.25, -0.2) is 4.39 Å². The van der Waals surface area contributed by atoms with Gasteiger partial charge in [0.05, 0.1) is 0 Å². The van der Waals surface area contributed by atoms with E-state index in [2.05, 4.69) is 0 Å². The van der Waals surface area contributed by atoms with Gasteiger partial charge in [0, 0.05) is 5.92 Å². The van der Waals surface area contributed by atoms with Crippen molar-refractivity contribution in [3.8, 4) is 0 Å². The summed E-state index contributed by atoms with van der Waals surface area (Å²) in [6.45, 7) is 1.49. The Kier molecular flexibility index (Phi) is 2.58. The topological polar surface area (TPSA) is 54.4 Å². The van der Waals surface area contributed by atoms with Gasteiger partial charge in [-0.05, 0) is 37.5 Å². The molecule has 0 aromatic rings. The minimum Gasteiger partial charge on any atom is -0.283 e. The molecule has 0 amide bonds. The smallest absolute Gasteiger partial charge is 0.283 e. The van der Waals surface area contributed by atoms with Crippen LogP contribution in [0.3, 0.4) is 0 Å². The Bertz CT molecular complexity index is 354. The van der Waals surface area contributed by atoms with Crippen molar-refractivity contribution in [2.75, 3.05) is 0 Å². The molecular weight excluding hydrogens is 219 g/mol. The minimum absolute atomic E-state index is 0.153. The van der Waals surface area contributed by atoms with Crippen LogP contribution in [-0.4, -0.2) is 18.0 Å². The van der Waals surface area contributed by atoms with E-state index in [1.807, 2.05) is 0 Å². The van der Waals surface area contributed by atoms with E-state index in [1.165, 1.54) is 6.92 Å². The van der Waals surface area contributed by atoms with Crippen LogP contribution in [0.5, 0.6) is 0 Å². The molecule has 3 nitrogen and oxygen atoms in total. The van der Waals surface area contributed by atoms with Crippen LogP contribution in [0.25, 0.3) is 0 Å². The van der Waals surface area contributed by atoms with Crippen LogP contribution >= 0.6 is 0 Å². The van der Waals surface area contributed by atoms with Gasteiger partial charge in [-0.15, -0.1) is 0 Å². The normalized spacial score (nSPS) is 39.3. The predicted molar refractivity (Wildman–Crippen MR) is 54.6 cm³/mol. The molecule has 2 bridgehead atoms. The summed E-state index contributed by atoms with van der Waals surface area (Å²) in [6, 6.07) is 0. The summed E-state index contributed by atoms with van der Waals surface area (Å²) in [5.41, 5.74) is 0. The first-order chi connectivity index (χ1) is 6.88. The standard InChI is InChI=1S/C10H17FO3S/c1-2-10(11,15(12,13)14)9-6-7-3-4-8(9)5-7/h7-9H,2-6H2,1H3,(H,12,13,14). The van der Waals surface area contributed by atoms with Gasteiger partial charge in [-0.1, -0.05) is 13.3 Å². The largest absolute Gasteiger partial charge is 0.300 e. The van der Waals surface area contributed by atoms with Crippen LogP contribution in [0.1, 0.15) is 39.0 Å². The Morgan fingerprint density at radius 3 is 2.40 bits per heavy atom. The molecule has 0 radical (unpaired) electrons. The molecule has 2 aliphatic carbocycles. The second-order valence-electron chi connectivity index (χ2n) is 4.90. The number of fused-ring (bicyclic) bond motifs is 2. The maximum Gasteiger partial charge on any atom is 0.300 e. The maximum absolute atomic E-state index is 14.4. The molecule has 88 valence electrons. The Labute approximate surface area is 89.8 Å². The summed E-state index contributed by atoms with van der Waals surface area (Å²) < 4.78 is 45.6. The number of halogens is 1. The van der Waals surface area contributed by atoms with Gasteiger partial charge in [0.15, 0.2) is 0 Å². The van der Waals surface area contributed by atoms with Gasteiger partial charge in [0.25, 0.3) is 0 Å². The highest BCUT2D eigenvalue weighted by atomic mass is 32.2. The molecule has 2 aliphatic rings. The van der Waals surface area contributed by atoms with Crippen LogP contribution in [-0.2, 0) is 10.1 Å². The average Bonchev–Trinajstić information content (AvgIpc) is 2.75. The third-order valence-electron chi connectivity index (χ3n) is 4.20. The van der Waals surface area contributed by atoms with E-state index < -0.39 is 21.0 Å². The van der Waals surface area contributed by atoms with E-state index >= 15 is 0 Å². The molecule has 0 aliphatic heterocycles. The van der Waals surface area contributed by atoms with E-state index in [1.54, 1.807) is 0 Å². The third-order valence-corrected chi connectivity index (χ3v) is 5.65. The summed E-state index contributed by atoms with van der Waals surface area (Å²) in [7, 11) is -4.59. The van der Waals surface area contributed by atoms with E-state index in [-0.39, 0.29) is 12.3 Å². The first-order valence-corrected chi connectivity index (χ1v) is 6.98. The van der Waals surface area contributed by atoms with Gasteiger partial charge in [0.1, 0.15) is 0 Å². The zero-order chi connectivity index (χ0) is 11.3. The summed E-state index contributed by atoms with van der Waals surface area (Å²) in [4.78, 5) is 0. The molecular formula is C10H17FO3S.